The second kappa shape index (κ2) is 7.95. The summed E-state index contributed by atoms with van der Waals surface area (Å²) < 4.78 is 10.5. The highest BCUT2D eigenvalue weighted by Gasteiger charge is 2.15. The van der Waals surface area contributed by atoms with Gasteiger partial charge in [-0.15, -0.1) is 0 Å². The summed E-state index contributed by atoms with van der Waals surface area (Å²) in [6.45, 7) is 6.60. The maximum absolute atomic E-state index is 12.1. The Morgan fingerprint density at radius 3 is 2.11 bits per heavy atom. The Morgan fingerprint density at radius 1 is 1.11 bits per heavy atom. The minimum Gasteiger partial charge on any atom is -0.456 e. The van der Waals surface area contributed by atoms with Crippen LogP contribution < -0.4 is 0 Å². The van der Waals surface area contributed by atoms with E-state index >= 15 is 0 Å². The first-order valence-corrected chi connectivity index (χ1v) is 6.97. The summed E-state index contributed by atoms with van der Waals surface area (Å²) in [5, 5.41) is 0. The van der Waals surface area contributed by atoms with Crippen LogP contribution in [-0.4, -0.2) is 25.8 Å². The highest BCUT2D eigenvalue weighted by atomic mass is 16.6. The quantitative estimate of drug-likeness (QED) is 0.708. The minimum absolute atomic E-state index is 0.173. The molecule has 0 heterocycles. The Hall–Kier alpha value is -1.35. The molecule has 0 N–H and O–H groups in total. The van der Waals surface area contributed by atoms with Crippen molar-refractivity contribution in [3.05, 3.63) is 34.9 Å². The van der Waals surface area contributed by atoms with Crippen LogP contribution in [0.15, 0.2) is 18.2 Å². The van der Waals surface area contributed by atoms with Gasteiger partial charge in [-0.25, -0.2) is 4.79 Å². The Morgan fingerprint density at radius 2 is 1.68 bits per heavy atom. The molecular formula is C16H24O3. The van der Waals surface area contributed by atoms with E-state index in [1.54, 1.807) is 7.11 Å². The van der Waals surface area contributed by atoms with Crippen molar-refractivity contribution in [1.82, 2.24) is 0 Å². The number of hydrogen-bond acceptors (Lipinski definition) is 3. The van der Waals surface area contributed by atoms with Gasteiger partial charge in [0.25, 0.3) is 0 Å². The second-order valence-electron chi connectivity index (χ2n) is 4.64. The lowest BCUT2D eigenvalue weighted by atomic mass is 10.0. The van der Waals surface area contributed by atoms with Gasteiger partial charge in [-0.05, 0) is 42.5 Å². The summed E-state index contributed by atoms with van der Waals surface area (Å²) >= 11 is 0. The fraction of sp³-hybridized carbons (Fsp3) is 0.562. The van der Waals surface area contributed by atoms with Crippen LogP contribution in [-0.2, 0) is 22.3 Å². The number of carbonyl (C=O) groups excluding carboxylic acids is 1. The third-order valence-corrected chi connectivity index (χ3v) is 3.19. The number of benzene rings is 1. The van der Waals surface area contributed by atoms with Crippen LogP contribution in [0.3, 0.4) is 0 Å². The highest BCUT2D eigenvalue weighted by Crippen LogP contribution is 2.14. The van der Waals surface area contributed by atoms with E-state index < -0.39 is 0 Å². The van der Waals surface area contributed by atoms with E-state index in [-0.39, 0.29) is 12.1 Å². The standard InChI is InChI=1S/C16H24O3/c1-5-12-8-13(6-2)10-14(9-12)16(17)19-15(7-3)11-18-4/h8-10,15H,5-7,11H2,1-4H3. The van der Waals surface area contributed by atoms with E-state index in [9.17, 15) is 4.79 Å². The van der Waals surface area contributed by atoms with Gasteiger partial charge in [0.1, 0.15) is 6.10 Å². The fourth-order valence-electron chi connectivity index (χ4n) is 1.93. The Labute approximate surface area is 115 Å². The maximum Gasteiger partial charge on any atom is 0.338 e. The number of rotatable bonds is 7. The molecule has 3 nitrogen and oxygen atoms in total. The Bertz CT molecular complexity index is 390. The molecule has 1 aromatic rings. The number of aryl methyl sites for hydroxylation is 2. The van der Waals surface area contributed by atoms with Crippen LogP contribution in [0.4, 0.5) is 0 Å². The topological polar surface area (TPSA) is 35.5 Å². The molecule has 1 unspecified atom stereocenters. The van der Waals surface area contributed by atoms with Crippen molar-refractivity contribution >= 4 is 5.97 Å². The molecule has 0 aliphatic carbocycles. The van der Waals surface area contributed by atoms with Gasteiger partial charge in [-0.2, -0.15) is 0 Å². The van der Waals surface area contributed by atoms with Crippen molar-refractivity contribution in [2.24, 2.45) is 0 Å². The van der Waals surface area contributed by atoms with Gasteiger partial charge in [-0.1, -0.05) is 26.8 Å². The van der Waals surface area contributed by atoms with Crippen LogP contribution >= 0.6 is 0 Å². The van der Waals surface area contributed by atoms with Crippen LogP contribution in [0.2, 0.25) is 0 Å². The normalized spacial score (nSPS) is 12.2. The Kier molecular flexibility index (Phi) is 6.57. The molecule has 1 rings (SSSR count). The fourth-order valence-corrected chi connectivity index (χ4v) is 1.93. The predicted molar refractivity (Wildman–Crippen MR) is 76.6 cm³/mol. The monoisotopic (exact) mass is 264 g/mol. The molecule has 3 heteroatoms. The molecule has 0 aliphatic heterocycles. The van der Waals surface area contributed by atoms with Gasteiger partial charge >= 0.3 is 5.97 Å². The smallest absolute Gasteiger partial charge is 0.338 e. The first-order valence-electron chi connectivity index (χ1n) is 6.97. The maximum atomic E-state index is 12.1. The van der Waals surface area contributed by atoms with Gasteiger partial charge in [0.05, 0.1) is 12.2 Å². The lowest BCUT2D eigenvalue weighted by Crippen LogP contribution is -2.22. The summed E-state index contributed by atoms with van der Waals surface area (Å²) in [6.07, 6.45) is 2.42. The molecule has 0 saturated carbocycles. The van der Waals surface area contributed by atoms with Gasteiger partial charge in [-0.3, -0.25) is 0 Å². The molecule has 0 bridgehead atoms. The molecule has 1 atom stereocenters. The predicted octanol–water partition coefficient (Wildman–Crippen LogP) is 3.39. The average Bonchev–Trinajstić information content (AvgIpc) is 2.45. The zero-order valence-corrected chi connectivity index (χ0v) is 12.4. The summed E-state index contributed by atoms with van der Waals surface area (Å²) in [5.41, 5.74) is 2.99. The zero-order chi connectivity index (χ0) is 14.3. The van der Waals surface area contributed by atoms with E-state index in [1.807, 2.05) is 19.1 Å². The SMILES string of the molecule is CCc1cc(CC)cc(C(=O)OC(CC)COC)c1. The molecule has 0 saturated heterocycles. The van der Waals surface area contributed by atoms with Crippen molar-refractivity contribution in [3.8, 4) is 0 Å². The van der Waals surface area contributed by atoms with Crippen molar-refractivity contribution < 1.29 is 14.3 Å². The third-order valence-electron chi connectivity index (χ3n) is 3.19. The zero-order valence-electron chi connectivity index (χ0n) is 12.4. The lowest BCUT2D eigenvalue weighted by molar-refractivity contribution is 0.00473. The van der Waals surface area contributed by atoms with Crippen molar-refractivity contribution in [2.45, 2.75) is 46.1 Å². The van der Waals surface area contributed by atoms with Gasteiger partial charge in [0.2, 0.25) is 0 Å². The molecule has 106 valence electrons. The minimum atomic E-state index is -0.256. The number of methoxy groups -OCH3 is 1. The molecular weight excluding hydrogens is 240 g/mol. The molecule has 0 radical (unpaired) electrons. The van der Waals surface area contributed by atoms with Crippen molar-refractivity contribution in [2.75, 3.05) is 13.7 Å². The summed E-state index contributed by atoms with van der Waals surface area (Å²) in [5.74, 6) is -0.256. The Balaban J connectivity index is 2.86. The van der Waals surface area contributed by atoms with E-state index in [4.69, 9.17) is 9.47 Å². The average molecular weight is 264 g/mol. The van der Waals surface area contributed by atoms with Crippen LogP contribution in [0.5, 0.6) is 0 Å². The number of hydrogen-bond donors (Lipinski definition) is 0. The first kappa shape index (κ1) is 15.7. The summed E-state index contributed by atoms with van der Waals surface area (Å²) in [6, 6.07) is 5.98. The number of ether oxygens (including phenoxy) is 2. The van der Waals surface area contributed by atoms with Gasteiger partial charge < -0.3 is 9.47 Å². The van der Waals surface area contributed by atoms with E-state index in [0.717, 1.165) is 19.3 Å². The van der Waals surface area contributed by atoms with Crippen molar-refractivity contribution in [3.63, 3.8) is 0 Å². The molecule has 0 amide bonds. The van der Waals surface area contributed by atoms with E-state index in [1.165, 1.54) is 11.1 Å². The van der Waals surface area contributed by atoms with Gasteiger partial charge in [0, 0.05) is 7.11 Å². The first-order chi connectivity index (χ1) is 9.14. The molecule has 0 aliphatic rings. The third kappa shape index (κ3) is 4.67. The second-order valence-corrected chi connectivity index (χ2v) is 4.64. The molecule has 0 aromatic heterocycles. The molecule has 0 fully saturated rings. The van der Waals surface area contributed by atoms with Crippen molar-refractivity contribution in [1.29, 1.82) is 0 Å². The number of carbonyl (C=O) groups is 1. The molecule has 19 heavy (non-hydrogen) atoms. The van der Waals surface area contributed by atoms with E-state index in [2.05, 4.69) is 19.9 Å². The lowest BCUT2D eigenvalue weighted by Gasteiger charge is -2.16. The van der Waals surface area contributed by atoms with Crippen LogP contribution in [0.25, 0.3) is 0 Å². The largest absolute Gasteiger partial charge is 0.456 e. The summed E-state index contributed by atoms with van der Waals surface area (Å²) in [4.78, 5) is 12.1. The molecule has 1 aromatic carbocycles. The molecule has 0 spiro atoms. The van der Waals surface area contributed by atoms with E-state index in [0.29, 0.717) is 12.2 Å². The van der Waals surface area contributed by atoms with Gasteiger partial charge in [0.15, 0.2) is 0 Å². The number of esters is 1. The van der Waals surface area contributed by atoms with Crippen LogP contribution in [0, 0.1) is 0 Å². The summed E-state index contributed by atoms with van der Waals surface area (Å²) in [7, 11) is 1.61. The highest BCUT2D eigenvalue weighted by molar-refractivity contribution is 5.90. The van der Waals surface area contributed by atoms with Crippen LogP contribution in [0.1, 0.15) is 48.7 Å².